The molecule has 0 amide bonds. The second-order valence-electron chi connectivity index (χ2n) is 4.16. The predicted molar refractivity (Wildman–Crippen MR) is 72.2 cm³/mol. The van der Waals surface area contributed by atoms with Crippen LogP contribution in [0.3, 0.4) is 0 Å². The molecule has 5 nitrogen and oxygen atoms in total. The smallest absolute Gasteiger partial charge is 0.178 e. The third-order valence-corrected chi connectivity index (χ3v) is 3.53. The fourth-order valence-corrected chi connectivity index (χ4v) is 2.33. The molecule has 0 fully saturated rings. The minimum Gasteiger partial charge on any atom is -0.330 e. The van der Waals surface area contributed by atoms with E-state index in [1.165, 1.54) is 6.07 Å². The van der Waals surface area contributed by atoms with E-state index in [-0.39, 0.29) is 5.02 Å². The van der Waals surface area contributed by atoms with Gasteiger partial charge >= 0.3 is 0 Å². The highest BCUT2D eigenvalue weighted by Crippen LogP contribution is 2.23. The van der Waals surface area contributed by atoms with Crippen LogP contribution in [0.25, 0.3) is 11.0 Å². The maximum Gasteiger partial charge on any atom is 0.178 e. The molecule has 8 heteroatoms. The third-order valence-electron chi connectivity index (χ3n) is 2.92. The summed E-state index contributed by atoms with van der Waals surface area (Å²) in [5.41, 5.74) is 1.34. The molecular formula is C11H9ClFN5S. The molecule has 2 heterocycles. The third kappa shape index (κ3) is 2.04. The topological polar surface area (TPSA) is 51.4 Å². The van der Waals surface area contributed by atoms with Gasteiger partial charge in [0.25, 0.3) is 0 Å². The monoisotopic (exact) mass is 297 g/mol. The van der Waals surface area contributed by atoms with Crippen molar-refractivity contribution in [1.82, 2.24) is 24.3 Å². The second kappa shape index (κ2) is 4.43. The first-order chi connectivity index (χ1) is 9.06. The summed E-state index contributed by atoms with van der Waals surface area (Å²) >= 11 is 11.1. The SMILES string of the molecule is Cn1cnnc1Cn1c(=S)[nH]c2cc(F)c(Cl)cc21. The van der Waals surface area contributed by atoms with Gasteiger partial charge in [-0.3, -0.25) is 0 Å². The molecule has 3 rings (SSSR count). The number of nitrogens with one attached hydrogen (secondary N) is 1. The first-order valence-corrected chi connectivity index (χ1v) is 6.25. The van der Waals surface area contributed by atoms with E-state index >= 15 is 0 Å². The van der Waals surface area contributed by atoms with Crippen LogP contribution in [0.2, 0.25) is 5.02 Å². The zero-order valence-corrected chi connectivity index (χ0v) is 11.5. The molecule has 0 radical (unpaired) electrons. The highest BCUT2D eigenvalue weighted by Gasteiger charge is 2.11. The molecule has 0 aliphatic heterocycles. The van der Waals surface area contributed by atoms with Gasteiger partial charge < -0.3 is 14.1 Å². The second-order valence-corrected chi connectivity index (χ2v) is 4.95. The molecule has 3 aromatic rings. The Hall–Kier alpha value is -1.73. The Kier molecular flexibility index (Phi) is 2.87. The number of imidazole rings is 1. The number of H-pyrrole nitrogens is 1. The van der Waals surface area contributed by atoms with Crippen LogP contribution in [0.5, 0.6) is 0 Å². The number of aryl methyl sites for hydroxylation is 1. The summed E-state index contributed by atoms with van der Waals surface area (Å²) < 4.78 is 17.5. The van der Waals surface area contributed by atoms with Crippen LogP contribution in [0, 0.1) is 10.6 Å². The first-order valence-electron chi connectivity index (χ1n) is 5.46. The average molecular weight is 298 g/mol. The van der Waals surface area contributed by atoms with Gasteiger partial charge in [-0.1, -0.05) is 11.6 Å². The predicted octanol–water partition coefficient (Wildman–Crippen LogP) is 2.67. The lowest BCUT2D eigenvalue weighted by molar-refractivity contribution is 0.629. The minimum absolute atomic E-state index is 0.0632. The Balaban J connectivity index is 2.18. The molecule has 0 aliphatic carbocycles. The molecule has 0 spiro atoms. The van der Waals surface area contributed by atoms with E-state index in [0.717, 1.165) is 11.3 Å². The number of nitrogens with zero attached hydrogens (tertiary/aromatic N) is 4. The Morgan fingerprint density at radius 1 is 1.47 bits per heavy atom. The number of rotatable bonds is 2. The highest BCUT2D eigenvalue weighted by molar-refractivity contribution is 7.71. The summed E-state index contributed by atoms with van der Waals surface area (Å²) in [4.78, 5) is 2.95. The molecule has 0 atom stereocenters. The Morgan fingerprint density at radius 3 is 2.95 bits per heavy atom. The Morgan fingerprint density at radius 2 is 2.26 bits per heavy atom. The number of benzene rings is 1. The van der Waals surface area contributed by atoms with Crippen LogP contribution < -0.4 is 0 Å². The summed E-state index contributed by atoms with van der Waals surface area (Å²) in [5.74, 6) is 0.272. The van der Waals surface area contributed by atoms with Gasteiger partial charge in [-0.15, -0.1) is 10.2 Å². The van der Waals surface area contributed by atoms with Crippen molar-refractivity contribution in [1.29, 1.82) is 0 Å². The lowest BCUT2D eigenvalue weighted by Gasteiger charge is -2.04. The van der Waals surface area contributed by atoms with Gasteiger partial charge in [-0.2, -0.15) is 0 Å². The van der Waals surface area contributed by atoms with E-state index in [0.29, 0.717) is 16.8 Å². The van der Waals surface area contributed by atoms with E-state index in [1.807, 2.05) is 7.05 Å². The fraction of sp³-hybridized carbons (Fsp3) is 0.182. The normalized spacial score (nSPS) is 11.3. The van der Waals surface area contributed by atoms with Crippen molar-refractivity contribution in [3.63, 3.8) is 0 Å². The summed E-state index contributed by atoms with van der Waals surface area (Å²) in [6, 6.07) is 2.88. The number of aromatic amines is 1. The van der Waals surface area contributed by atoms with Crippen molar-refractivity contribution >= 4 is 34.9 Å². The van der Waals surface area contributed by atoms with E-state index in [4.69, 9.17) is 23.8 Å². The summed E-state index contributed by atoms with van der Waals surface area (Å²) in [5, 5.41) is 7.88. The lowest BCUT2D eigenvalue weighted by Crippen LogP contribution is -2.05. The molecule has 0 bridgehead atoms. The van der Waals surface area contributed by atoms with Gasteiger partial charge in [0.2, 0.25) is 0 Å². The summed E-state index contributed by atoms with van der Waals surface area (Å²) in [6.45, 7) is 0.442. The molecular weight excluding hydrogens is 289 g/mol. The van der Waals surface area contributed by atoms with Crippen LogP contribution in [0.4, 0.5) is 4.39 Å². The maximum absolute atomic E-state index is 13.4. The molecule has 0 saturated heterocycles. The van der Waals surface area contributed by atoms with E-state index in [9.17, 15) is 4.39 Å². The summed E-state index contributed by atoms with van der Waals surface area (Å²) in [6.07, 6.45) is 1.61. The standard InChI is InChI=1S/C11H9ClFN5S/c1-17-5-14-16-10(17)4-18-9-2-6(12)7(13)3-8(9)15-11(18)19/h2-3,5H,4H2,1H3,(H,15,19). The van der Waals surface area contributed by atoms with Gasteiger partial charge in [-0.05, 0) is 18.3 Å². The summed E-state index contributed by atoms with van der Waals surface area (Å²) in [7, 11) is 1.85. The van der Waals surface area contributed by atoms with Crippen molar-refractivity contribution in [3.8, 4) is 0 Å². The largest absolute Gasteiger partial charge is 0.330 e. The number of fused-ring (bicyclic) bond motifs is 1. The quantitative estimate of drug-likeness (QED) is 0.740. The van der Waals surface area contributed by atoms with Gasteiger partial charge in [0, 0.05) is 13.1 Å². The van der Waals surface area contributed by atoms with Crippen LogP contribution >= 0.6 is 23.8 Å². The molecule has 19 heavy (non-hydrogen) atoms. The Labute approximate surface area is 117 Å². The molecule has 0 saturated carbocycles. The first kappa shape index (κ1) is 12.3. The van der Waals surface area contributed by atoms with Crippen LogP contribution in [-0.2, 0) is 13.6 Å². The van der Waals surface area contributed by atoms with Crippen LogP contribution in [0.1, 0.15) is 5.82 Å². The minimum atomic E-state index is -0.476. The van der Waals surface area contributed by atoms with Crippen molar-refractivity contribution in [3.05, 3.63) is 39.9 Å². The molecule has 0 unspecified atom stereocenters. The molecule has 0 aliphatic rings. The van der Waals surface area contributed by atoms with Crippen LogP contribution in [0.15, 0.2) is 18.5 Å². The van der Waals surface area contributed by atoms with E-state index in [1.54, 1.807) is 21.5 Å². The molecule has 98 valence electrons. The Bertz CT molecular complexity index is 818. The average Bonchev–Trinajstić information content (AvgIpc) is 2.88. The van der Waals surface area contributed by atoms with E-state index in [2.05, 4.69) is 15.2 Å². The molecule has 1 aromatic carbocycles. The van der Waals surface area contributed by atoms with Gasteiger partial charge in [0.1, 0.15) is 12.1 Å². The zero-order chi connectivity index (χ0) is 13.6. The van der Waals surface area contributed by atoms with Crippen molar-refractivity contribution < 1.29 is 4.39 Å². The van der Waals surface area contributed by atoms with E-state index < -0.39 is 5.82 Å². The van der Waals surface area contributed by atoms with Crippen molar-refractivity contribution in [2.24, 2.45) is 7.05 Å². The zero-order valence-electron chi connectivity index (χ0n) is 9.89. The molecule has 1 N–H and O–H groups in total. The number of hydrogen-bond donors (Lipinski definition) is 1. The van der Waals surface area contributed by atoms with Gasteiger partial charge in [0.05, 0.1) is 22.6 Å². The van der Waals surface area contributed by atoms with Crippen molar-refractivity contribution in [2.45, 2.75) is 6.54 Å². The maximum atomic E-state index is 13.4. The lowest BCUT2D eigenvalue weighted by atomic mass is 10.3. The van der Waals surface area contributed by atoms with Gasteiger partial charge in [-0.25, -0.2) is 4.39 Å². The van der Waals surface area contributed by atoms with Gasteiger partial charge in [0.15, 0.2) is 10.6 Å². The van der Waals surface area contributed by atoms with Crippen molar-refractivity contribution in [2.75, 3.05) is 0 Å². The number of halogens is 2. The number of hydrogen-bond acceptors (Lipinski definition) is 3. The molecule has 2 aromatic heterocycles. The highest BCUT2D eigenvalue weighted by atomic mass is 35.5. The number of aromatic nitrogens is 5. The fourth-order valence-electron chi connectivity index (χ4n) is 1.90. The van der Waals surface area contributed by atoms with Crippen LogP contribution in [-0.4, -0.2) is 24.3 Å².